The number of ether oxygens (including phenoxy) is 1. The molecule has 0 bridgehead atoms. The number of esters is 1. The smallest absolute Gasteiger partial charge is 0.337 e. The van der Waals surface area contributed by atoms with E-state index >= 15 is 0 Å². The molecule has 40 heavy (non-hydrogen) atoms. The first-order valence-electron chi connectivity index (χ1n) is 15.8. The van der Waals surface area contributed by atoms with Crippen molar-refractivity contribution < 1.29 is 24.2 Å². The van der Waals surface area contributed by atoms with Gasteiger partial charge < -0.3 is 9.84 Å². The quantitative estimate of drug-likeness (QED) is 0.261. The van der Waals surface area contributed by atoms with Crippen LogP contribution in [0.4, 0.5) is 0 Å². The maximum atomic E-state index is 11.4. The van der Waals surface area contributed by atoms with Gasteiger partial charge in [-0.2, -0.15) is 0 Å². The molecule has 2 saturated carbocycles. The highest BCUT2D eigenvalue weighted by molar-refractivity contribution is 5.89. The second kappa shape index (κ2) is 14.0. The fourth-order valence-electron chi connectivity index (χ4n) is 7.84. The topological polar surface area (TPSA) is 80.7 Å². The van der Waals surface area contributed by atoms with E-state index in [1.54, 1.807) is 0 Å². The van der Waals surface area contributed by atoms with E-state index in [9.17, 15) is 19.5 Å². The Morgan fingerprint density at radius 3 is 1.43 bits per heavy atom. The average molecular weight is 551 g/mol. The number of carbonyl (C=O) groups excluding carboxylic acids is 3. The van der Waals surface area contributed by atoms with Gasteiger partial charge in [0.25, 0.3) is 0 Å². The summed E-state index contributed by atoms with van der Waals surface area (Å²) in [6.45, 7) is 0. The molecule has 6 rings (SSSR count). The third-order valence-electron chi connectivity index (χ3n) is 10.1. The summed E-state index contributed by atoms with van der Waals surface area (Å²) < 4.78 is 4.66. The van der Waals surface area contributed by atoms with Gasteiger partial charge in [-0.05, 0) is 113 Å². The number of aliphatic hydroxyl groups is 1. The second-order valence-corrected chi connectivity index (χ2v) is 13.2. The van der Waals surface area contributed by atoms with Crippen LogP contribution in [-0.4, -0.2) is 29.8 Å². The Morgan fingerprint density at radius 2 is 1.07 bits per heavy atom. The van der Waals surface area contributed by atoms with Gasteiger partial charge in [0.15, 0.2) is 0 Å². The molecule has 220 valence electrons. The van der Waals surface area contributed by atoms with Crippen LogP contribution in [0.5, 0.6) is 0 Å². The Labute approximate surface area is 241 Å². The normalized spacial score (nSPS) is 33.3. The average Bonchev–Trinajstić information content (AvgIpc) is 2.94. The maximum Gasteiger partial charge on any atom is 0.337 e. The molecule has 0 radical (unpaired) electrons. The van der Waals surface area contributed by atoms with Crippen molar-refractivity contribution in [2.75, 3.05) is 7.11 Å². The minimum atomic E-state index is -0.382. The SMILES string of the molecule is COC(=O)C1=C(O)C[C@@]2(C=CCCC2)CC1.O=C1CCC[C@]2(C=CCCC2)C1.O=C1CCC[C@]2(C=CCCC2)C1. The van der Waals surface area contributed by atoms with Crippen molar-refractivity contribution >= 4 is 17.5 Å². The minimum Gasteiger partial charge on any atom is -0.512 e. The number of hydrogen-bond acceptors (Lipinski definition) is 5. The molecule has 2 fully saturated rings. The first-order valence-corrected chi connectivity index (χ1v) is 15.8. The van der Waals surface area contributed by atoms with Crippen LogP contribution in [0.25, 0.3) is 0 Å². The van der Waals surface area contributed by atoms with E-state index < -0.39 is 0 Å². The van der Waals surface area contributed by atoms with E-state index in [-0.39, 0.29) is 17.1 Å². The second-order valence-electron chi connectivity index (χ2n) is 13.2. The summed E-state index contributed by atoms with van der Waals surface area (Å²) in [5, 5.41) is 9.93. The van der Waals surface area contributed by atoms with E-state index in [0.717, 1.165) is 57.8 Å². The van der Waals surface area contributed by atoms with Crippen molar-refractivity contribution in [1.82, 2.24) is 0 Å². The minimum absolute atomic E-state index is 0.0971. The Morgan fingerprint density at radius 1 is 0.650 bits per heavy atom. The summed E-state index contributed by atoms with van der Waals surface area (Å²) in [4.78, 5) is 34.0. The van der Waals surface area contributed by atoms with Crippen molar-refractivity contribution in [2.45, 2.75) is 128 Å². The predicted octanol–water partition coefficient (Wildman–Crippen LogP) is 8.59. The lowest BCUT2D eigenvalue weighted by atomic mass is 9.68. The molecule has 0 saturated heterocycles. The zero-order valence-electron chi connectivity index (χ0n) is 24.7. The first-order chi connectivity index (χ1) is 19.3. The van der Waals surface area contributed by atoms with Gasteiger partial charge in [-0.15, -0.1) is 0 Å². The van der Waals surface area contributed by atoms with Crippen molar-refractivity contribution in [2.24, 2.45) is 16.2 Å². The van der Waals surface area contributed by atoms with Gasteiger partial charge in [-0.3, -0.25) is 9.59 Å². The number of methoxy groups -OCH3 is 1. The molecule has 0 unspecified atom stereocenters. The first kappa shape index (κ1) is 30.5. The summed E-state index contributed by atoms with van der Waals surface area (Å²) in [5.41, 5.74) is 1.16. The third kappa shape index (κ3) is 8.07. The largest absolute Gasteiger partial charge is 0.512 e. The summed E-state index contributed by atoms with van der Waals surface area (Å²) in [5.74, 6) is 0.803. The van der Waals surface area contributed by atoms with Gasteiger partial charge in [-0.1, -0.05) is 36.5 Å². The molecule has 0 heterocycles. The van der Waals surface area contributed by atoms with Crippen LogP contribution in [0.3, 0.4) is 0 Å². The molecule has 3 atom stereocenters. The standard InChI is InChI=1S/C13H18O3.2C11H16O/c1-16-12(15)10-5-8-13(9-11(10)14)6-3-2-4-7-13;2*12-10-5-4-8-11(9-10)6-2-1-3-7-11/h3,6,14H,2,4-5,7-9H2,1H3;2*2,6H,1,3-5,7-9H2/t13-;2*11-/m111/s1. The Balaban J connectivity index is 0.000000141. The van der Waals surface area contributed by atoms with Crippen molar-refractivity contribution in [1.29, 1.82) is 0 Å². The van der Waals surface area contributed by atoms with Crippen LogP contribution in [0.1, 0.15) is 128 Å². The summed E-state index contributed by atoms with van der Waals surface area (Å²) in [7, 11) is 1.35. The van der Waals surface area contributed by atoms with Gasteiger partial charge in [0.05, 0.1) is 12.7 Å². The van der Waals surface area contributed by atoms with E-state index in [1.165, 1.54) is 64.9 Å². The Hall–Kier alpha value is -2.43. The summed E-state index contributed by atoms with van der Waals surface area (Å²) in [6.07, 6.45) is 34.7. The molecule has 0 aromatic rings. The Bertz CT molecular complexity index is 1000. The molecule has 1 N–H and O–H groups in total. The molecule has 0 aliphatic heterocycles. The van der Waals surface area contributed by atoms with E-state index in [0.29, 0.717) is 40.8 Å². The molecular formula is C35H50O5. The van der Waals surface area contributed by atoms with Gasteiger partial charge >= 0.3 is 5.97 Å². The highest BCUT2D eigenvalue weighted by Gasteiger charge is 2.37. The molecule has 0 amide bonds. The van der Waals surface area contributed by atoms with E-state index in [2.05, 4.69) is 41.2 Å². The molecule has 0 aromatic carbocycles. The van der Waals surface area contributed by atoms with E-state index in [4.69, 9.17) is 0 Å². The zero-order chi connectivity index (χ0) is 28.5. The van der Waals surface area contributed by atoms with Gasteiger partial charge in [-0.25, -0.2) is 4.79 Å². The highest BCUT2D eigenvalue weighted by atomic mass is 16.5. The van der Waals surface area contributed by atoms with Gasteiger partial charge in [0.2, 0.25) is 0 Å². The fraction of sp³-hybridized carbons (Fsp3) is 0.686. The molecule has 5 heteroatoms. The third-order valence-corrected chi connectivity index (χ3v) is 10.1. The number of allylic oxidation sites excluding steroid dienone is 7. The van der Waals surface area contributed by atoms with Crippen molar-refractivity contribution in [3.8, 4) is 0 Å². The molecule has 5 nitrogen and oxygen atoms in total. The van der Waals surface area contributed by atoms with Gasteiger partial charge in [0, 0.05) is 32.1 Å². The number of hydrogen-bond donors (Lipinski definition) is 1. The van der Waals surface area contributed by atoms with Crippen LogP contribution in [-0.2, 0) is 19.1 Å². The molecular weight excluding hydrogens is 500 g/mol. The number of Topliss-reactive ketones (excluding diaryl/α,β-unsaturated/α-hetero) is 2. The van der Waals surface area contributed by atoms with Crippen LogP contribution in [0, 0.1) is 16.2 Å². The number of ketones is 2. The molecule has 6 aliphatic rings. The summed E-state index contributed by atoms with van der Waals surface area (Å²) >= 11 is 0. The lowest BCUT2D eigenvalue weighted by molar-refractivity contribution is -0.136. The monoisotopic (exact) mass is 550 g/mol. The van der Waals surface area contributed by atoms with Crippen LogP contribution < -0.4 is 0 Å². The van der Waals surface area contributed by atoms with Crippen LogP contribution in [0.2, 0.25) is 0 Å². The Kier molecular flexibility index (Phi) is 10.7. The van der Waals surface area contributed by atoms with Crippen molar-refractivity contribution in [3.63, 3.8) is 0 Å². The van der Waals surface area contributed by atoms with Gasteiger partial charge in [0.1, 0.15) is 17.3 Å². The maximum absolute atomic E-state index is 11.4. The molecule has 3 spiro atoms. The lowest BCUT2D eigenvalue weighted by Gasteiger charge is -2.36. The zero-order valence-corrected chi connectivity index (χ0v) is 24.7. The number of aliphatic hydroxyl groups excluding tert-OH is 1. The van der Waals surface area contributed by atoms with Crippen LogP contribution >= 0.6 is 0 Å². The number of carbonyl (C=O) groups is 3. The number of rotatable bonds is 1. The lowest BCUT2D eigenvalue weighted by Crippen LogP contribution is -2.28. The van der Waals surface area contributed by atoms with E-state index in [1.807, 2.05) is 0 Å². The van der Waals surface area contributed by atoms with Crippen molar-refractivity contribution in [3.05, 3.63) is 47.8 Å². The summed E-state index contributed by atoms with van der Waals surface area (Å²) in [6, 6.07) is 0. The predicted molar refractivity (Wildman–Crippen MR) is 159 cm³/mol. The highest BCUT2D eigenvalue weighted by Crippen LogP contribution is 2.46. The molecule has 0 aromatic heterocycles. The fourth-order valence-corrected chi connectivity index (χ4v) is 7.84. The molecule has 6 aliphatic carbocycles. The van der Waals surface area contributed by atoms with Crippen LogP contribution in [0.15, 0.2) is 47.8 Å².